The highest BCUT2D eigenvalue weighted by atomic mass is 32.2. The molecule has 9 nitrogen and oxygen atoms in total. The fourth-order valence-corrected chi connectivity index (χ4v) is 5.72. The van der Waals surface area contributed by atoms with Gasteiger partial charge in [0.25, 0.3) is 0 Å². The lowest BCUT2D eigenvalue weighted by molar-refractivity contribution is 0.580. The van der Waals surface area contributed by atoms with Crippen molar-refractivity contribution in [3.8, 4) is 22.4 Å². The van der Waals surface area contributed by atoms with E-state index in [0.29, 0.717) is 32.9 Å². The molecular formula is C29H24N6O3S. The number of hydrogen-bond donors (Lipinski definition) is 2. The van der Waals surface area contributed by atoms with E-state index in [1.165, 1.54) is 0 Å². The number of hydrogen-bond acceptors (Lipinski definition) is 6. The number of aromatic nitrogens is 5. The van der Waals surface area contributed by atoms with E-state index in [1.807, 2.05) is 49.6 Å². The average molecular weight is 537 g/mol. The van der Waals surface area contributed by atoms with Crippen molar-refractivity contribution < 1.29 is 8.42 Å². The van der Waals surface area contributed by atoms with Gasteiger partial charge < -0.3 is 0 Å². The molecule has 6 rings (SSSR count). The van der Waals surface area contributed by atoms with Gasteiger partial charge in [0.15, 0.2) is 5.43 Å². The normalized spacial score (nSPS) is 11.8. The predicted molar refractivity (Wildman–Crippen MR) is 151 cm³/mol. The first-order valence-electron chi connectivity index (χ1n) is 12.3. The Labute approximate surface area is 224 Å². The first-order valence-corrected chi connectivity index (χ1v) is 13.9. The molecule has 3 aromatic heterocycles. The van der Waals surface area contributed by atoms with Crippen molar-refractivity contribution in [1.82, 2.24) is 29.7 Å². The van der Waals surface area contributed by atoms with E-state index in [-0.39, 0.29) is 17.7 Å². The Hall–Kier alpha value is -4.67. The molecule has 0 amide bonds. The van der Waals surface area contributed by atoms with E-state index in [2.05, 4.69) is 25.0 Å². The zero-order valence-electron chi connectivity index (χ0n) is 21.0. The van der Waals surface area contributed by atoms with Gasteiger partial charge in [0.2, 0.25) is 10.0 Å². The molecular weight excluding hydrogens is 512 g/mol. The van der Waals surface area contributed by atoms with Gasteiger partial charge in [-0.05, 0) is 29.1 Å². The van der Waals surface area contributed by atoms with E-state index >= 15 is 0 Å². The Balaban J connectivity index is 1.29. The highest BCUT2D eigenvalue weighted by molar-refractivity contribution is 7.88. The Morgan fingerprint density at radius 1 is 0.923 bits per heavy atom. The molecule has 0 saturated heterocycles. The first-order chi connectivity index (χ1) is 18.9. The molecule has 3 aromatic carbocycles. The molecule has 0 radical (unpaired) electrons. The number of pyridine rings is 1. The lowest BCUT2D eigenvalue weighted by Gasteiger charge is -2.08. The van der Waals surface area contributed by atoms with Crippen LogP contribution in [0.15, 0.2) is 96.3 Å². The molecule has 2 N–H and O–H groups in total. The molecule has 10 heteroatoms. The molecule has 0 atom stereocenters. The van der Waals surface area contributed by atoms with Gasteiger partial charge in [0, 0.05) is 65.2 Å². The number of H-pyrrole nitrogens is 1. The second-order valence-electron chi connectivity index (χ2n) is 9.35. The highest BCUT2D eigenvalue weighted by Crippen LogP contribution is 2.23. The van der Waals surface area contributed by atoms with Gasteiger partial charge in [0.05, 0.1) is 23.2 Å². The predicted octanol–water partition coefficient (Wildman–Crippen LogP) is 4.16. The van der Waals surface area contributed by atoms with E-state index in [0.717, 1.165) is 22.3 Å². The van der Waals surface area contributed by atoms with E-state index in [9.17, 15) is 13.2 Å². The van der Waals surface area contributed by atoms with E-state index in [1.54, 1.807) is 53.6 Å². The first kappa shape index (κ1) is 24.7. The monoisotopic (exact) mass is 536 g/mol. The van der Waals surface area contributed by atoms with Gasteiger partial charge in [-0.25, -0.2) is 13.1 Å². The maximum absolute atomic E-state index is 13.6. The Morgan fingerprint density at radius 2 is 1.74 bits per heavy atom. The van der Waals surface area contributed by atoms with Gasteiger partial charge in [-0.15, -0.1) is 0 Å². The topological polar surface area (TPSA) is 123 Å². The molecule has 0 unspecified atom stereocenters. The Bertz CT molecular complexity index is 2000. The second kappa shape index (κ2) is 9.90. The molecule has 0 spiro atoms. The largest absolute Gasteiger partial charge is 0.289 e. The van der Waals surface area contributed by atoms with Crippen molar-refractivity contribution in [3.05, 3.63) is 113 Å². The van der Waals surface area contributed by atoms with Crippen LogP contribution >= 0.6 is 0 Å². The lowest BCUT2D eigenvalue weighted by Crippen LogP contribution is -2.24. The van der Waals surface area contributed by atoms with Gasteiger partial charge in [0.1, 0.15) is 0 Å². The van der Waals surface area contributed by atoms with Crippen LogP contribution in [0.5, 0.6) is 0 Å². The second-order valence-corrected chi connectivity index (χ2v) is 11.2. The van der Waals surface area contributed by atoms with Crippen molar-refractivity contribution in [2.45, 2.75) is 12.3 Å². The summed E-state index contributed by atoms with van der Waals surface area (Å²) in [6, 6.07) is 20.2. The summed E-state index contributed by atoms with van der Waals surface area (Å²) in [4.78, 5) is 18.1. The number of fused-ring (bicyclic) bond motifs is 2. The fraction of sp³-hybridized carbons (Fsp3) is 0.103. The van der Waals surface area contributed by atoms with E-state index in [4.69, 9.17) is 0 Å². The van der Waals surface area contributed by atoms with Crippen LogP contribution in [0.4, 0.5) is 0 Å². The summed E-state index contributed by atoms with van der Waals surface area (Å²) in [5.41, 5.74) is 4.83. The van der Waals surface area contributed by atoms with Crippen LogP contribution in [0.25, 0.3) is 44.1 Å². The number of benzene rings is 2. The minimum absolute atomic E-state index is 0.0891. The van der Waals surface area contributed by atoms with Gasteiger partial charge in [-0.3, -0.25) is 19.6 Å². The standard InChI is InChI=1S/C29H24N6O3S/c1-35-17-24(15-32-35)22-12-26-27(30-13-22)10-9-20-8-7-19(11-25(20)29(26)36)18-39(37,38)33-16-23-14-31-34-28(23)21-5-3-2-4-6-21/h2-15,17,33H,16,18H2,1H3,(H,31,34). The summed E-state index contributed by atoms with van der Waals surface area (Å²) in [6.07, 6.45) is 6.98. The number of nitrogens with zero attached hydrogens (tertiary/aromatic N) is 4. The average Bonchev–Trinajstić information content (AvgIpc) is 3.57. The summed E-state index contributed by atoms with van der Waals surface area (Å²) in [5.74, 6) is -0.267. The summed E-state index contributed by atoms with van der Waals surface area (Å²) < 4.78 is 30.4. The minimum atomic E-state index is -3.71. The van der Waals surface area contributed by atoms with Crippen molar-refractivity contribution >= 4 is 31.7 Å². The summed E-state index contributed by atoms with van der Waals surface area (Å²) >= 11 is 0. The molecule has 39 heavy (non-hydrogen) atoms. The van der Waals surface area contributed by atoms with Crippen LogP contribution in [0.1, 0.15) is 11.1 Å². The molecule has 0 bridgehead atoms. The third-order valence-electron chi connectivity index (χ3n) is 6.59. The van der Waals surface area contributed by atoms with Crippen molar-refractivity contribution in [2.75, 3.05) is 0 Å². The third-order valence-corrected chi connectivity index (χ3v) is 7.89. The molecule has 0 saturated carbocycles. The maximum atomic E-state index is 13.6. The van der Waals surface area contributed by atoms with Crippen LogP contribution in [-0.4, -0.2) is 33.4 Å². The number of aromatic amines is 1. The SMILES string of the molecule is Cn1cc(-c2cnc3ccc4ccc(CS(=O)(=O)NCc5c[nH]nc5-c5ccccc5)cc4c(=O)c3c2)cn1. The third kappa shape index (κ3) is 5.07. The van der Waals surface area contributed by atoms with Gasteiger partial charge in [-0.1, -0.05) is 48.5 Å². The Kier molecular flexibility index (Phi) is 6.26. The fourth-order valence-electron chi connectivity index (χ4n) is 4.62. The van der Waals surface area contributed by atoms with E-state index < -0.39 is 10.0 Å². The number of aryl methyl sites for hydroxylation is 1. The minimum Gasteiger partial charge on any atom is -0.289 e. The van der Waals surface area contributed by atoms with Crippen LogP contribution in [0, 0.1) is 0 Å². The maximum Gasteiger partial charge on any atom is 0.216 e. The molecule has 0 aliphatic rings. The van der Waals surface area contributed by atoms with Crippen molar-refractivity contribution in [1.29, 1.82) is 0 Å². The van der Waals surface area contributed by atoms with Crippen molar-refractivity contribution in [2.24, 2.45) is 7.05 Å². The van der Waals surface area contributed by atoms with Gasteiger partial charge >= 0.3 is 0 Å². The van der Waals surface area contributed by atoms with Crippen LogP contribution in [0.2, 0.25) is 0 Å². The molecule has 194 valence electrons. The van der Waals surface area contributed by atoms with Crippen molar-refractivity contribution in [3.63, 3.8) is 0 Å². The van der Waals surface area contributed by atoms with Crippen LogP contribution in [-0.2, 0) is 29.4 Å². The Morgan fingerprint density at radius 3 is 2.54 bits per heavy atom. The zero-order chi connectivity index (χ0) is 27.0. The summed E-state index contributed by atoms with van der Waals surface area (Å²) in [7, 11) is -1.88. The molecule has 0 aliphatic carbocycles. The number of rotatable bonds is 7. The van der Waals surface area contributed by atoms with Crippen LogP contribution < -0.4 is 10.2 Å². The summed E-state index contributed by atoms with van der Waals surface area (Å²) in [6.45, 7) is 0.0891. The van der Waals surface area contributed by atoms with Gasteiger partial charge in [-0.2, -0.15) is 10.2 Å². The number of nitrogens with one attached hydrogen (secondary N) is 2. The number of sulfonamides is 1. The highest BCUT2D eigenvalue weighted by Gasteiger charge is 2.16. The zero-order valence-corrected chi connectivity index (χ0v) is 21.8. The van der Waals surface area contributed by atoms with Crippen LogP contribution in [0.3, 0.4) is 0 Å². The quantitative estimate of drug-likeness (QED) is 0.316. The summed E-state index contributed by atoms with van der Waals surface area (Å²) in [5, 5.41) is 12.9. The molecule has 6 aromatic rings. The molecule has 0 aliphatic heterocycles. The smallest absolute Gasteiger partial charge is 0.216 e. The lowest BCUT2D eigenvalue weighted by atomic mass is 10.1. The molecule has 0 fully saturated rings. The molecule has 3 heterocycles.